The van der Waals surface area contributed by atoms with Crippen molar-refractivity contribution in [2.75, 3.05) is 27.3 Å². The van der Waals surface area contributed by atoms with Gasteiger partial charge in [0.2, 0.25) is 11.8 Å². The maximum absolute atomic E-state index is 13.6. The van der Waals surface area contributed by atoms with Crippen LogP contribution in [0.5, 0.6) is 0 Å². The number of fused-ring (bicyclic) bond motifs is 1. The largest absolute Gasteiger partial charge is 0.453 e. The van der Waals surface area contributed by atoms with Crippen molar-refractivity contribution < 1.29 is 28.7 Å². The SMILES string of the molecule is COC(=O)NC(C(=O)N1CCC[C@H]1c1ncc(-c2ccc(CCc3ccc4nc([C@@H]5CCCN5C(=O)C(NC(=O)OC)C(C)C)[nH]c4c3)cc2)[nH]1)C(C)C. The number of alkyl carbamates (subject to hydrolysis) is 2. The second-order valence-corrected chi connectivity index (χ2v) is 14.9. The Bertz CT molecular complexity index is 1950. The van der Waals surface area contributed by atoms with Crippen LogP contribution in [-0.4, -0.2) is 93.1 Å². The van der Waals surface area contributed by atoms with Crippen molar-refractivity contribution in [2.45, 2.75) is 90.4 Å². The van der Waals surface area contributed by atoms with E-state index >= 15 is 0 Å². The monoisotopic (exact) mass is 740 g/mol. The highest BCUT2D eigenvalue weighted by atomic mass is 16.5. The molecule has 2 aromatic heterocycles. The molecule has 0 radical (unpaired) electrons. The summed E-state index contributed by atoms with van der Waals surface area (Å²) in [5, 5.41) is 5.40. The molecule has 0 bridgehead atoms. The smallest absolute Gasteiger partial charge is 0.407 e. The first-order valence-electron chi connectivity index (χ1n) is 18.9. The van der Waals surface area contributed by atoms with Crippen LogP contribution in [0, 0.1) is 11.8 Å². The summed E-state index contributed by atoms with van der Waals surface area (Å²) in [6, 6.07) is 13.0. The summed E-state index contributed by atoms with van der Waals surface area (Å²) in [5.41, 5.74) is 6.06. The lowest BCUT2D eigenvalue weighted by atomic mass is 10.0. The molecular weight excluding hydrogens is 688 g/mol. The predicted octanol–water partition coefficient (Wildman–Crippen LogP) is 5.83. The molecule has 2 fully saturated rings. The molecule has 4 heterocycles. The van der Waals surface area contributed by atoms with Gasteiger partial charge in [0.25, 0.3) is 0 Å². The van der Waals surface area contributed by atoms with Gasteiger partial charge in [-0.15, -0.1) is 0 Å². The van der Waals surface area contributed by atoms with Gasteiger partial charge in [-0.05, 0) is 79.2 Å². The summed E-state index contributed by atoms with van der Waals surface area (Å²) < 4.78 is 9.51. The van der Waals surface area contributed by atoms with Crippen LogP contribution in [-0.2, 0) is 31.9 Å². The number of nitrogens with one attached hydrogen (secondary N) is 4. The molecule has 2 aliphatic rings. The van der Waals surface area contributed by atoms with Gasteiger partial charge in [-0.1, -0.05) is 58.0 Å². The highest BCUT2D eigenvalue weighted by Crippen LogP contribution is 2.34. The van der Waals surface area contributed by atoms with Crippen molar-refractivity contribution in [2.24, 2.45) is 11.8 Å². The Morgan fingerprint density at radius 3 is 1.85 bits per heavy atom. The van der Waals surface area contributed by atoms with E-state index in [-0.39, 0.29) is 35.7 Å². The Balaban J connectivity index is 1.08. The van der Waals surface area contributed by atoms with E-state index in [1.54, 1.807) is 0 Å². The number of likely N-dealkylation sites (tertiary alicyclic amines) is 2. The molecular formula is C40H52N8O6. The van der Waals surface area contributed by atoms with Crippen molar-refractivity contribution in [1.29, 1.82) is 0 Å². The molecule has 14 heteroatoms. The van der Waals surface area contributed by atoms with E-state index < -0.39 is 24.3 Å². The Labute approximate surface area is 315 Å². The molecule has 0 saturated carbocycles. The number of aromatic amines is 2. The van der Waals surface area contributed by atoms with Crippen LogP contribution in [0.3, 0.4) is 0 Å². The van der Waals surface area contributed by atoms with Crippen molar-refractivity contribution in [3.63, 3.8) is 0 Å². The topological polar surface area (TPSA) is 175 Å². The maximum atomic E-state index is 13.6. The van der Waals surface area contributed by atoms with E-state index in [1.165, 1.54) is 25.3 Å². The van der Waals surface area contributed by atoms with Gasteiger partial charge < -0.3 is 39.9 Å². The van der Waals surface area contributed by atoms with Gasteiger partial charge in [-0.2, -0.15) is 0 Å². The zero-order valence-corrected chi connectivity index (χ0v) is 32.0. The third-order valence-corrected chi connectivity index (χ3v) is 10.6. The molecule has 54 heavy (non-hydrogen) atoms. The number of carbonyl (C=O) groups excluding carboxylic acids is 4. The zero-order chi connectivity index (χ0) is 38.5. The fourth-order valence-electron chi connectivity index (χ4n) is 7.57. The minimum Gasteiger partial charge on any atom is -0.453 e. The van der Waals surface area contributed by atoms with Crippen LogP contribution in [0.4, 0.5) is 9.59 Å². The first-order valence-corrected chi connectivity index (χ1v) is 18.9. The molecule has 4 atom stereocenters. The molecule has 4 aromatic rings. The van der Waals surface area contributed by atoms with E-state index in [0.29, 0.717) is 13.1 Å². The molecule has 14 nitrogen and oxygen atoms in total. The number of benzene rings is 2. The molecule has 2 aromatic carbocycles. The molecule has 4 N–H and O–H groups in total. The number of H-pyrrole nitrogens is 2. The van der Waals surface area contributed by atoms with Crippen molar-refractivity contribution in [3.05, 3.63) is 71.4 Å². The van der Waals surface area contributed by atoms with Crippen LogP contribution in [0.15, 0.2) is 48.7 Å². The number of aromatic nitrogens is 4. The van der Waals surface area contributed by atoms with E-state index in [9.17, 15) is 19.2 Å². The van der Waals surface area contributed by atoms with Crippen LogP contribution in [0.25, 0.3) is 22.3 Å². The standard InChI is InChI=1S/C40H52N8O6/c1-23(2)33(45-39(51)53-5)37(49)47-19-7-9-31(47)35-41-22-30(44-35)27-16-13-25(14-17-27)11-12-26-15-18-28-29(21-26)43-36(42-28)32-10-8-20-48(32)38(50)34(24(3)4)46-40(52)54-6/h13-18,21-24,31-34H,7-12,19-20H2,1-6H3,(H,41,44)(H,42,43)(H,45,51)(H,46,52)/t31-,32-,33?,34?/m0/s1. The fraction of sp³-hybridized carbons (Fsp3) is 0.500. The highest BCUT2D eigenvalue weighted by molar-refractivity contribution is 5.87. The van der Waals surface area contributed by atoms with Crippen LogP contribution >= 0.6 is 0 Å². The van der Waals surface area contributed by atoms with Gasteiger partial charge >= 0.3 is 12.2 Å². The summed E-state index contributed by atoms with van der Waals surface area (Å²) in [7, 11) is 2.59. The van der Waals surface area contributed by atoms with Crippen molar-refractivity contribution in [1.82, 2.24) is 40.4 Å². The van der Waals surface area contributed by atoms with Crippen LogP contribution in [0.1, 0.15) is 88.2 Å². The van der Waals surface area contributed by atoms with E-state index in [0.717, 1.165) is 72.5 Å². The molecule has 288 valence electrons. The number of nitrogens with zero attached hydrogens (tertiary/aromatic N) is 4. The number of ether oxygens (including phenoxy) is 2. The minimum absolute atomic E-state index is 0.0971. The second kappa shape index (κ2) is 16.7. The van der Waals surface area contributed by atoms with Gasteiger partial charge in [0, 0.05) is 13.1 Å². The van der Waals surface area contributed by atoms with E-state index in [1.807, 2.05) is 49.8 Å². The number of hydrogen-bond donors (Lipinski definition) is 4. The first-order chi connectivity index (χ1) is 26.0. The fourth-order valence-corrected chi connectivity index (χ4v) is 7.57. The number of methoxy groups -OCH3 is 2. The van der Waals surface area contributed by atoms with Crippen molar-refractivity contribution in [3.8, 4) is 11.3 Å². The molecule has 0 aliphatic carbocycles. The maximum Gasteiger partial charge on any atom is 0.407 e. The van der Waals surface area contributed by atoms with Crippen LogP contribution in [0.2, 0.25) is 0 Å². The molecule has 6 rings (SSSR count). The molecule has 2 saturated heterocycles. The lowest BCUT2D eigenvalue weighted by Gasteiger charge is -2.30. The third kappa shape index (κ3) is 8.37. The second-order valence-electron chi connectivity index (χ2n) is 14.9. The third-order valence-electron chi connectivity index (χ3n) is 10.6. The average molecular weight is 741 g/mol. The molecule has 2 aliphatic heterocycles. The normalized spacial score (nSPS) is 18.3. The number of amides is 4. The number of carbonyl (C=O) groups is 4. The predicted molar refractivity (Wildman–Crippen MR) is 203 cm³/mol. The Hall–Kier alpha value is -5.40. The van der Waals surface area contributed by atoms with Gasteiger partial charge in [0.05, 0.1) is 49.2 Å². The zero-order valence-electron chi connectivity index (χ0n) is 32.0. The van der Waals surface area contributed by atoms with Gasteiger partial charge in [0.15, 0.2) is 0 Å². The summed E-state index contributed by atoms with van der Waals surface area (Å²) in [6.45, 7) is 8.83. The summed E-state index contributed by atoms with van der Waals surface area (Å²) in [5.74, 6) is 1.04. The average Bonchev–Trinajstić information content (AvgIpc) is 4.00. The Morgan fingerprint density at radius 2 is 1.30 bits per heavy atom. The molecule has 0 spiro atoms. The van der Waals surface area contributed by atoms with Gasteiger partial charge in [0.1, 0.15) is 23.7 Å². The number of aryl methyl sites for hydroxylation is 2. The Kier molecular flexibility index (Phi) is 11.9. The Morgan fingerprint density at radius 1 is 0.759 bits per heavy atom. The first kappa shape index (κ1) is 38.3. The van der Waals surface area contributed by atoms with Gasteiger partial charge in [-0.25, -0.2) is 19.6 Å². The number of imidazole rings is 2. The van der Waals surface area contributed by atoms with Crippen LogP contribution < -0.4 is 10.6 Å². The summed E-state index contributed by atoms with van der Waals surface area (Å²) >= 11 is 0. The van der Waals surface area contributed by atoms with Crippen molar-refractivity contribution >= 4 is 35.0 Å². The van der Waals surface area contributed by atoms with E-state index in [4.69, 9.17) is 14.5 Å². The van der Waals surface area contributed by atoms with E-state index in [2.05, 4.69) is 62.0 Å². The molecule has 2 unspecified atom stereocenters. The van der Waals surface area contributed by atoms with Gasteiger partial charge in [-0.3, -0.25) is 9.59 Å². The minimum atomic E-state index is -0.680. The number of rotatable bonds is 12. The lowest BCUT2D eigenvalue weighted by molar-refractivity contribution is -0.136. The quantitative estimate of drug-likeness (QED) is 0.140. The highest BCUT2D eigenvalue weighted by Gasteiger charge is 2.39. The summed E-state index contributed by atoms with van der Waals surface area (Å²) in [4.78, 5) is 71.1. The lowest BCUT2D eigenvalue weighted by Crippen LogP contribution is -2.51. The number of hydrogen-bond acceptors (Lipinski definition) is 8. The summed E-state index contributed by atoms with van der Waals surface area (Å²) in [6.07, 6.45) is 5.57. The molecule has 4 amide bonds.